The number of rotatable bonds is 11. The van der Waals surface area contributed by atoms with Crippen molar-refractivity contribution in [2.45, 2.75) is 92.1 Å². The van der Waals surface area contributed by atoms with E-state index in [9.17, 15) is 9.59 Å². The Morgan fingerprint density at radius 3 is 2.38 bits per heavy atom. The Kier molecular flexibility index (Phi) is 10.4. The molecular formula is C34H47NO4. The molecule has 0 fully saturated rings. The number of amides is 1. The van der Waals surface area contributed by atoms with Gasteiger partial charge in [-0.15, -0.1) is 0 Å². The number of hydrogen-bond acceptors (Lipinski definition) is 3. The Morgan fingerprint density at radius 2 is 1.85 bits per heavy atom. The number of carboxylic acids is 1. The van der Waals surface area contributed by atoms with Crippen molar-refractivity contribution in [2.24, 2.45) is 17.3 Å². The molecule has 0 aliphatic heterocycles. The van der Waals surface area contributed by atoms with Gasteiger partial charge >= 0.3 is 5.97 Å². The summed E-state index contributed by atoms with van der Waals surface area (Å²) in [4.78, 5) is 23.2. The molecule has 4 unspecified atom stereocenters. The fourth-order valence-corrected chi connectivity index (χ4v) is 5.44. The molecule has 0 saturated carbocycles. The smallest absolute Gasteiger partial charge is 0.305 e. The lowest BCUT2D eigenvalue weighted by atomic mass is 9.78. The summed E-state index contributed by atoms with van der Waals surface area (Å²) < 4.78 is 6.73. The summed E-state index contributed by atoms with van der Waals surface area (Å²) in [6, 6.07) is 9.05. The maximum atomic E-state index is 12.4. The van der Waals surface area contributed by atoms with E-state index in [4.69, 9.17) is 9.84 Å². The number of carbonyl (C=O) groups excluding carboxylic acids is 1. The lowest BCUT2D eigenvalue weighted by molar-refractivity contribution is -0.136. The monoisotopic (exact) mass is 533 g/mol. The normalized spacial score (nSPS) is 22.1. The van der Waals surface area contributed by atoms with Crippen LogP contribution in [0.2, 0.25) is 0 Å². The average Bonchev–Trinajstić information content (AvgIpc) is 2.85. The lowest BCUT2D eigenvalue weighted by Crippen LogP contribution is -2.29. The van der Waals surface area contributed by atoms with Crippen LogP contribution in [0.25, 0.3) is 0 Å². The van der Waals surface area contributed by atoms with E-state index in [0.29, 0.717) is 29.7 Å². The summed E-state index contributed by atoms with van der Waals surface area (Å²) in [6.07, 6.45) is 12.9. The summed E-state index contributed by atoms with van der Waals surface area (Å²) in [5.74, 6) is 1.13. The number of carbonyl (C=O) groups is 2. The van der Waals surface area contributed by atoms with E-state index in [2.05, 4.69) is 96.3 Å². The highest BCUT2D eigenvalue weighted by Gasteiger charge is 2.29. The first-order valence-electron chi connectivity index (χ1n) is 14.4. The third-order valence-electron chi connectivity index (χ3n) is 7.74. The molecule has 2 aliphatic rings. The van der Waals surface area contributed by atoms with E-state index in [1.165, 1.54) is 16.7 Å². The van der Waals surface area contributed by atoms with E-state index >= 15 is 0 Å². The molecule has 0 heterocycles. The number of hydrogen-bond donors (Lipinski definition) is 2. The van der Waals surface area contributed by atoms with Gasteiger partial charge in [-0.2, -0.15) is 0 Å². The summed E-state index contributed by atoms with van der Waals surface area (Å²) in [5, 5.41) is 11.5. The Hall–Kier alpha value is -3.08. The van der Waals surface area contributed by atoms with Crippen LogP contribution in [0.1, 0.15) is 97.1 Å². The standard InChI is InChI=1S/C34H47NO4/c1-22(2)25-8-12-27(13-9-25)32-23(3)20-29(21-24(32)4)39-30(16-18-34(5,6)7)26-10-14-28(15-11-26)33(38)35-19-17-31(36)37/h8-10,12-15,20-23,26,30,32H,11,16-19H2,1-7H3,(H,35,38)(H,36,37). The molecule has 1 aromatic rings. The zero-order chi connectivity index (χ0) is 28.7. The van der Waals surface area contributed by atoms with Crippen LogP contribution in [0.15, 0.2) is 71.6 Å². The van der Waals surface area contributed by atoms with Crippen molar-refractivity contribution in [2.75, 3.05) is 6.54 Å². The van der Waals surface area contributed by atoms with Crippen LogP contribution in [0.5, 0.6) is 0 Å². The van der Waals surface area contributed by atoms with E-state index in [1.807, 2.05) is 12.2 Å². The first-order chi connectivity index (χ1) is 18.3. The molecule has 5 heteroatoms. The first-order valence-corrected chi connectivity index (χ1v) is 14.4. The summed E-state index contributed by atoms with van der Waals surface area (Å²) >= 11 is 0. The summed E-state index contributed by atoms with van der Waals surface area (Å²) in [6.45, 7) is 15.8. The second-order valence-corrected chi connectivity index (χ2v) is 12.7. The molecule has 0 saturated heterocycles. The van der Waals surface area contributed by atoms with Crippen LogP contribution < -0.4 is 5.32 Å². The fraction of sp³-hybridized carbons (Fsp3) is 0.529. The van der Waals surface area contributed by atoms with Gasteiger partial charge in [0.05, 0.1) is 6.42 Å². The highest BCUT2D eigenvalue weighted by Crippen LogP contribution is 2.39. The molecule has 0 aromatic heterocycles. The maximum absolute atomic E-state index is 12.4. The van der Waals surface area contributed by atoms with Crippen LogP contribution in [-0.2, 0) is 14.3 Å². The number of ether oxygens (including phenoxy) is 1. The Morgan fingerprint density at radius 1 is 1.15 bits per heavy atom. The SMILES string of the molecule is CC1=CC(OC(CCC(C)(C)C)C2C=CC(C(=O)NCCC(=O)O)=CC2)=CC(C)C1c1ccc(C(C)C)cc1. The number of nitrogens with one attached hydrogen (secondary N) is 1. The van der Waals surface area contributed by atoms with E-state index in [1.54, 1.807) is 0 Å². The van der Waals surface area contributed by atoms with Gasteiger partial charge in [-0.3, -0.25) is 9.59 Å². The highest BCUT2D eigenvalue weighted by molar-refractivity contribution is 5.96. The van der Waals surface area contributed by atoms with Crippen LogP contribution in [-0.4, -0.2) is 29.6 Å². The van der Waals surface area contributed by atoms with Crippen molar-refractivity contribution in [3.63, 3.8) is 0 Å². The zero-order valence-corrected chi connectivity index (χ0v) is 24.8. The van der Waals surface area contributed by atoms with Crippen molar-refractivity contribution < 1.29 is 19.4 Å². The third-order valence-corrected chi connectivity index (χ3v) is 7.74. The van der Waals surface area contributed by atoms with Crippen LogP contribution >= 0.6 is 0 Å². The van der Waals surface area contributed by atoms with E-state index in [0.717, 1.165) is 18.6 Å². The summed E-state index contributed by atoms with van der Waals surface area (Å²) in [5.41, 5.74) is 4.79. The quantitative estimate of drug-likeness (QED) is 0.306. The largest absolute Gasteiger partial charge is 0.490 e. The highest BCUT2D eigenvalue weighted by atomic mass is 16.5. The molecule has 39 heavy (non-hydrogen) atoms. The molecule has 1 aromatic carbocycles. The topological polar surface area (TPSA) is 75.6 Å². The van der Waals surface area contributed by atoms with Crippen LogP contribution in [0.3, 0.4) is 0 Å². The Balaban J connectivity index is 1.71. The maximum Gasteiger partial charge on any atom is 0.305 e. The number of aliphatic carboxylic acids is 1. The van der Waals surface area contributed by atoms with Gasteiger partial charge in [0.15, 0.2) is 0 Å². The Labute approximate surface area is 235 Å². The van der Waals surface area contributed by atoms with Crippen molar-refractivity contribution in [1.82, 2.24) is 5.32 Å². The number of allylic oxidation sites excluding steroid dienone is 4. The van der Waals surface area contributed by atoms with Gasteiger partial charge in [-0.25, -0.2) is 0 Å². The number of carboxylic acid groups (broad SMARTS) is 1. The van der Waals surface area contributed by atoms with Crippen molar-refractivity contribution in [1.29, 1.82) is 0 Å². The zero-order valence-electron chi connectivity index (χ0n) is 24.8. The van der Waals surface area contributed by atoms with E-state index < -0.39 is 5.97 Å². The van der Waals surface area contributed by atoms with E-state index in [-0.39, 0.29) is 36.3 Å². The molecule has 0 bridgehead atoms. The van der Waals surface area contributed by atoms with Crippen LogP contribution in [0, 0.1) is 17.3 Å². The minimum Gasteiger partial charge on any atom is -0.490 e. The van der Waals surface area contributed by atoms with Crippen LogP contribution in [0.4, 0.5) is 0 Å². The molecule has 5 nitrogen and oxygen atoms in total. The first kappa shape index (κ1) is 30.5. The van der Waals surface area contributed by atoms with Crippen molar-refractivity contribution in [3.05, 3.63) is 82.7 Å². The second kappa shape index (κ2) is 13.3. The van der Waals surface area contributed by atoms with Crippen molar-refractivity contribution in [3.8, 4) is 0 Å². The van der Waals surface area contributed by atoms with Gasteiger partial charge in [0.2, 0.25) is 0 Å². The molecule has 1 amide bonds. The van der Waals surface area contributed by atoms with Crippen molar-refractivity contribution >= 4 is 11.9 Å². The molecule has 212 valence electrons. The molecule has 0 radical (unpaired) electrons. The predicted molar refractivity (Wildman–Crippen MR) is 158 cm³/mol. The van der Waals surface area contributed by atoms with Gasteiger partial charge in [-0.05, 0) is 66.7 Å². The number of benzene rings is 1. The van der Waals surface area contributed by atoms with Gasteiger partial charge in [0, 0.05) is 24.0 Å². The summed E-state index contributed by atoms with van der Waals surface area (Å²) in [7, 11) is 0. The van der Waals surface area contributed by atoms with Gasteiger partial charge < -0.3 is 15.2 Å². The van der Waals surface area contributed by atoms with Gasteiger partial charge in [0.25, 0.3) is 5.91 Å². The minimum absolute atomic E-state index is 0.00211. The Bertz CT molecular complexity index is 1130. The predicted octanol–water partition coefficient (Wildman–Crippen LogP) is 7.68. The lowest BCUT2D eigenvalue weighted by Gasteiger charge is -2.33. The van der Waals surface area contributed by atoms with Gasteiger partial charge in [-0.1, -0.05) is 89.6 Å². The second-order valence-electron chi connectivity index (χ2n) is 12.7. The average molecular weight is 534 g/mol. The molecular weight excluding hydrogens is 486 g/mol. The molecule has 0 spiro atoms. The fourth-order valence-electron chi connectivity index (χ4n) is 5.44. The molecule has 2 N–H and O–H groups in total. The minimum atomic E-state index is -0.923. The molecule has 4 atom stereocenters. The molecule has 2 aliphatic carbocycles. The third kappa shape index (κ3) is 8.98. The van der Waals surface area contributed by atoms with Gasteiger partial charge in [0.1, 0.15) is 11.9 Å². The molecule has 3 rings (SSSR count).